The van der Waals surface area contributed by atoms with E-state index in [1.54, 1.807) is 11.8 Å². The van der Waals surface area contributed by atoms with Crippen LogP contribution in [0.25, 0.3) is 10.9 Å². The maximum absolute atomic E-state index is 11.8. The van der Waals surface area contributed by atoms with Gasteiger partial charge in [0.1, 0.15) is 0 Å². The summed E-state index contributed by atoms with van der Waals surface area (Å²) in [5, 5.41) is 4.04. The summed E-state index contributed by atoms with van der Waals surface area (Å²) in [5.74, 6) is -0.0134. The highest BCUT2D eigenvalue weighted by Gasteiger charge is 2.13. The number of para-hydroxylation sites is 1. The lowest BCUT2D eigenvalue weighted by molar-refractivity contribution is -0.129. The summed E-state index contributed by atoms with van der Waals surface area (Å²) in [5.41, 5.74) is 2.30. The quantitative estimate of drug-likeness (QED) is 0.824. The number of amides is 2. The molecule has 2 aromatic rings. The molecule has 124 valence electrons. The molecule has 0 saturated heterocycles. The summed E-state index contributed by atoms with van der Waals surface area (Å²) < 4.78 is 0. The number of carbonyl (C=O) groups is 2. The van der Waals surface area contributed by atoms with Gasteiger partial charge < -0.3 is 15.2 Å². The van der Waals surface area contributed by atoms with E-state index in [4.69, 9.17) is 0 Å². The van der Waals surface area contributed by atoms with Crippen molar-refractivity contribution in [2.24, 2.45) is 0 Å². The van der Waals surface area contributed by atoms with E-state index in [-0.39, 0.29) is 17.9 Å². The van der Waals surface area contributed by atoms with Crippen molar-refractivity contribution in [2.75, 3.05) is 13.1 Å². The number of fused-ring (bicyclic) bond motifs is 1. The van der Waals surface area contributed by atoms with Gasteiger partial charge in [0, 0.05) is 49.6 Å². The van der Waals surface area contributed by atoms with Gasteiger partial charge in [-0.25, -0.2) is 0 Å². The van der Waals surface area contributed by atoms with Gasteiger partial charge in [-0.1, -0.05) is 18.2 Å². The fourth-order valence-corrected chi connectivity index (χ4v) is 2.65. The van der Waals surface area contributed by atoms with Gasteiger partial charge in [0.15, 0.2) is 0 Å². The molecule has 2 N–H and O–H groups in total. The Kier molecular flexibility index (Phi) is 5.79. The Morgan fingerprint density at radius 3 is 2.65 bits per heavy atom. The third kappa shape index (κ3) is 4.84. The maximum Gasteiger partial charge on any atom is 0.221 e. The zero-order valence-electron chi connectivity index (χ0n) is 14.1. The molecule has 0 radical (unpaired) electrons. The number of rotatable bonds is 7. The number of hydrogen-bond acceptors (Lipinski definition) is 2. The molecule has 1 aromatic heterocycles. The highest BCUT2D eigenvalue weighted by Crippen LogP contribution is 2.18. The Labute approximate surface area is 137 Å². The molecule has 2 amide bonds. The van der Waals surface area contributed by atoms with Gasteiger partial charge in [0.2, 0.25) is 11.8 Å². The molecule has 1 heterocycles. The van der Waals surface area contributed by atoms with Gasteiger partial charge in [-0.3, -0.25) is 9.59 Å². The van der Waals surface area contributed by atoms with Crippen LogP contribution >= 0.6 is 0 Å². The van der Waals surface area contributed by atoms with Crippen LogP contribution in [0.3, 0.4) is 0 Å². The zero-order valence-corrected chi connectivity index (χ0v) is 14.1. The largest absolute Gasteiger partial charge is 0.361 e. The number of nitrogens with one attached hydrogen (secondary N) is 2. The highest BCUT2D eigenvalue weighted by molar-refractivity contribution is 5.83. The molecule has 0 unspecified atom stereocenters. The topological polar surface area (TPSA) is 65.2 Å². The Morgan fingerprint density at radius 2 is 1.96 bits per heavy atom. The average Bonchev–Trinajstić information content (AvgIpc) is 2.89. The van der Waals surface area contributed by atoms with Gasteiger partial charge in [0.25, 0.3) is 0 Å². The molecule has 0 spiro atoms. The lowest BCUT2D eigenvalue weighted by atomic mass is 10.1. The van der Waals surface area contributed by atoms with Crippen molar-refractivity contribution in [2.45, 2.75) is 39.7 Å². The first-order chi connectivity index (χ1) is 11.0. The van der Waals surface area contributed by atoms with Crippen molar-refractivity contribution < 1.29 is 9.59 Å². The Hall–Kier alpha value is -2.30. The summed E-state index contributed by atoms with van der Waals surface area (Å²) in [6, 6.07) is 8.25. The minimum atomic E-state index is -0.0154. The van der Waals surface area contributed by atoms with Gasteiger partial charge in [0.05, 0.1) is 0 Å². The van der Waals surface area contributed by atoms with Crippen molar-refractivity contribution >= 4 is 22.7 Å². The summed E-state index contributed by atoms with van der Waals surface area (Å²) in [6.45, 7) is 6.48. The van der Waals surface area contributed by atoms with Crippen LogP contribution in [0.2, 0.25) is 0 Å². The number of aromatic nitrogens is 1. The molecule has 0 fully saturated rings. The van der Waals surface area contributed by atoms with Crippen molar-refractivity contribution in [3.8, 4) is 0 Å². The van der Waals surface area contributed by atoms with Crippen LogP contribution in [0.1, 0.15) is 32.8 Å². The van der Waals surface area contributed by atoms with Crippen LogP contribution in [0, 0.1) is 0 Å². The molecular weight excluding hydrogens is 290 g/mol. The first-order valence-corrected chi connectivity index (χ1v) is 8.07. The van der Waals surface area contributed by atoms with Crippen molar-refractivity contribution in [3.05, 3.63) is 36.0 Å². The predicted molar refractivity (Wildman–Crippen MR) is 92.2 cm³/mol. The number of hydrogen-bond donors (Lipinski definition) is 2. The number of nitrogens with zero attached hydrogens (tertiary/aromatic N) is 1. The highest BCUT2D eigenvalue weighted by atomic mass is 16.2. The van der Waals surface area contributed by atoms with E-state index in [1.165, 1.54) is 10.9 Å². The Balaban J connectivity index is 1.92. The molecule has 5 nitrogen and oxygen atoms in total. The molecule has 0 saturated carbocycles. The van der Waals surface area contributed by atoms with Gasteiger partial charge >= 0.3 is 0 Å². The summed E-state index contributed by atoms with van der Waals surface area (Å²) in [4.78, 5) is 28.5. The first kappa shape index (κ1) is 17.1. The van der Waals surface area contributed by atoms with Crippen molar-refractivity contribution in [3.63, 3.8) is 0 Å². The van der Waals surface area contributed by atoms with E-state index in [9.17, 15) is 9.59 Å². The molecule has 0 bridgehead atoms. The number of aromatic amines is 1. The summed E-state index contributed by atoms with van der Waals surface area (Å²) >= 11 is 0. The standard InChI is InChI=1S/C18H25N3O2/c1-13(2)20-18(23)9-11-21(14(3)22)10-8-15-12-19-17-7-5-4-6-16(15)17/h4-7,12-13,19H,8-11H2,1-3H3,(H,20,23). The van der Waals surface area contributed by atoms with E-state index in [2.05, 4.69) is 16.4 Å². The number of carbonyl (C=O) groups excluding carboxylic acids is 2. The predicted octanol–water partition coefficient (Wildman–Crippen LogP) is 2.47. The number of H-pyrrole nitrogens is 1. The third-order valence-electron chi connectivity index (χ3n) is 3.83. The van der Waals surface area contributed by atoms with E-state index in [0.717, 1.165) is 11.9 Å². The van der Waals surface area contributed by atoms with E-state index < -0.39 is 0 Å². The molecule has 1 aromatic carbocycles. The lowest BCUT2D eigenvalue weighted by Crippen LogP contribution is -2.37. The SMILES string of the molecule is CC(=O)N(CCC(=O)NC(C)C)CCc1c[nH]c2ccccc12. The van der Waals surface area contributed by atoms with Crippen LogP contribution in [-0.2, 0) is 16.0 Å². The zero-order chi connectivity index (χ0) is 16.8. The van der Waals surface area contributed by atoms with Crippen molar-refractivity contribution in [1.29, 1.82) is 0 Å². The van der Waals surface area contributed by atoms with E-state index >= 15 is 0 Å². The molecule has 0 aliphatic heterocycles. The Morgan fingerprint density at radius 1 is 1.22 bits per heavy atom. The fraction of sp³-hybridized carbons (Fsp3) is 0.444. The molecular formula is C18H25N3O2. The molecule has 5 heteroatoms. The number of benzene rings is 1. The molecule has 0 aliphatic rings. The second kappa shape index (κ2) is 7.81. The Bertz CT molecular complexity index is 676. The van der Waals surface area contributed by atoms with Crippen molar-refractivity contribution in [1.82, 2.24) is 15.2 Å². The third-order valence-corrected chi connectivity index (χ3v) is 3.83. The summed E-state index contributed by atoms with van der Waals surface area (Å²) in [7, 11) is 0. The van der Waals surface area contributed by atoms with Gasteiger partial charge in [-0.05, 0) is 31.9 Å². The fourth-order valence-electron chi connectivity index (χ4n) is 2.65. The summed E-state index contributed by atoms with van der Waals surface area (Å²) in [6.07, 6.45) is 3.11. The molecule has 2 rings (SSSR count). The van der Waals surface area contributed by atoms with E-state index in [0.29, 0.717) is 19.5 Å². The van der Waals surface area contributed by atoms with Crippen LogP contribution in [0.15, 0.2) is 30.5 Å². The average molecular weight is 315 g/mol. The minimum Gasteiger partial charge on any atom is -0.361 e. The monoisotopic (exact) mass is 315 g/mol. The molecule has 0 aliphatic carbocycles. The van der Waals surface area contributed by atoms with Crippen LogP contribution in [-0.4, -0.2) is 40.8 Å². The van der Waals surface area contributed by atoms with E-state index in [1.807, 2.05) is 38.2 Å². The van der Waals surface area contributed by atoms with Crippen LogP contribution in [0.5, 0.6) is 0 Å². The normalized spacial score (nSPS) is 11.0. The van der Waals surface area contributed by atoms with Crippen LogP contribution in [0.4, 0.5) is 0 Å². The first-order valence-electron chi connectivity index (χ1n) is 8.07. The maximum atomic E-state index is 11.8. The van der Waals surface area contributed by atoms with Gasteiger partial charge in [-0.15, -0.1) is 0 Å². The lowest BCUT2D eigenvalue weighted by Gasteiger charge is -2.21. The molecule has 0 atom stereocenters. The van der Waals surface area contributed by atoms with Crippen LogP contribution < -0.4 is 5.32 Å². The smallest absolute Gasteiger partial charge is 0.221 e. The minimum absolute atomic E-state index is 0.00203. The second-order valence-electron chi connectivity index (χ2n) is 6.09. The molecule has 23 heavy (non-hydrogen) atoms. The van der Waals surface area contributed by atoms with Gasteiger partial charge in [-0.2, -0.15) is 0 Å². The second-order valence-corrected chi connectivity index (χ2v) is 6.09.